The van der Waals surface area contributed by atoms with Crippen molar-refractivity contribution in [2.75, 3.05) is 23.7 Å². The Bertz CT molecular complexity index is 1400. The lowest BCUT2D eigenvalue weighted by atomic mass is 10.1. The second-order valence-electron chi connectivity index (χ2n) is 8.50. The van der Waals surface area contributed by atoms with Gasteiger partial charge in [0.2, 0.25) is 10.0 Å². The minimum absolute atomic E-state index is 0.135. The molecule has 0 aromatic heterocycles. The van der Waals surface area contributed by atoms with E-state index in [-0.39, 0.29) is 18.6 Å². The fourth-order valence-corrected chi connectivity index (χ4v) is 4.58. The number of hydrogen-bond donors (Lipinski definition) is 2. The Morgan fingerprint density at radius 1 is 1.03 bits per heavy atom. The molecule has 0 saturated heterocycles. The molecule has 0 heterocycles. The zero-order chi connectivity index (χ0) is 27.7. The molecule has 11 heteroatoms. The number of nitrogens with zero attached hydrogens (tertiary/aromatic N) is 2. The molecule has 200 valence electrons. The first kappa shape index (κ1) is 28.7. The van der Waals surface area contributed by atoms with E-state index in [4.69, 9.17) is 16.3 Å². The number of sulfonamides is 1. The summed E-state index contributed by atoms with van der Waals surface area (Å²) in [5, 5.41) is 7.17. The van der Waals surface area contributed by atoms with Gasteiger partial charge in [0.15, 0.2) is 6.61 Å². The van der Waals surface area contributed by atoms with Crippen LogP contribution in [0.3, 0.4) is 0 Å². The minimum Gasteiger partial charge on any atom is -0.484 e. The maximum absolute atomic E-state index is 12.4. The van der Waals surface area contributed by atoms with Crippen LogP contribution in [0.25, 0.3) is 0 Å². The molecule has 0 unspecified atom stereocenters. The summed E-state index contributed by atoms with van der Waals surface area (Å²) in [6, 6.07) is 21.1. The SMILES string of the molecule is Cc1c(Cl)cccc1N(CC(=O)N/N=C\c1ccc(OCC(=O)N[C@H](C)c2ccccc2)cc1)S(C)(=O)=O. The molecule has 0 spiro atoms. The van der Waals surface area contributed by atoms with Crippen molar-refractivity contribution in [2.45, 2.75) is 19.9 Å². The maximum atomic E-state index is 12.4. The summed E-state index contributed by atoms with van der Waals surface area (Å²) in [6.45, 7) is 2.98. The summed E-state index contributed by atoms with van der Waals surface area (Å²) in [4.78, 5) is 24.6. The van der Waals surface area contributed by atoms with E-state index in [0.29, 0.717) is 27.6 Å². The van der Waals surface area contributed by atoms with E-state index in [2.05, 4.69) is 15.8 Å². The molecular weight excluding hydrogens is 528 g/mol. The molecule has 2 N–H and O–H groups in total. The van der Waals surface area contributed by atoms with E-state index in [1.54, 1.807) is 49.4 Å². The number of halogens is 1. The number of anilines is 1. The van der Waals surface area contributed by atoms with Gasteiger partial charge in [-0.25, -0.2) is 13.8 Å². The molecule has 3 aromatic rings. The van der Waals surface area contributed by atoms with Crippen molar-refractivity contribution >= 4 is 45.3 Å². The molecule has 0 radical (unpaired) electrons. The summed E-state index contributed by atoms with van der Waals surface area (Å²) < 4.78 is 31.1. The highest BCUT2D eigenvalue weighted by Crippen LogP contribution is 2.28. The molecule has 1 atom stereocenters. The highest BCUT2D eigenvalue weighted by molar-refractivity contribution is 7.92. The Kier molecular flexibility index (Phi) is 9.86. The van der Waals surface area contributed by atoms with E-state index in [1.165, 1.54) is 6.21 Å². The van der Waals surface area contributed by atoms with Crippen LogP contribution in [-0.2, 0) is 19.6 Å². The van der Waals surface area contributed by atoms with E-state index in [0.717, 1.165) is 16.1 Å². The number of carbonyl (C=O) groups is 2. The summed E-state index contributed by atoms with van der Waals surface area (Å²) in [5.41, 5.74) is 4.85. The lowest BCUT2D eigenvalue weighted by Gasteiger charge is -2.23. The molecular formula is C27H29ClN4O5S. The Morgan fingerprint density at radius 3 is 2.37 bits per heavy atom. The summed E-state index contributed by atoms with van der Waals surface area (Å²) in [7, 11) is -3.75. The number of hydrazone groups is 1. The highest BCUT2D eigenvalue weighted by Gasteiger charge is 2.23. The van der Waals surface area contributed by atoms with Crippen molar-refractivity contribution in [1.82, 2.24) is 10.7 Å². The Hall–Kier alpha value is -3.89. The average molecular weight is 557 g/mol. The van der Waals surface area contributed by atoms with Crippen LogP contribution in [0.15, 0.2) is 77.9 Å². The van der Waals surface area contributed by atoms with Crippen molar-refractivity contribution in [2.24, 2.45) is 5.10 Å². The number of hydrogen-bond acceptors (Lipinski definition) is 6. The van der Waals surface area contributed by atoms with Gasteiger partial charge in [0, 0.05) is 5.02 Å². The number of carbonyl (C=O) groups excluding carboxylic acids is 2. The molecule has 0 aliphatic heterocycles. The van der Waals surface area contributed by atoms with E-state index in [9.17, 15) is 18.0 Å². The predicted octanol–water partition coefficient (Wildman–Crippen LogP) is 3.82. The standard InChI is InChI=1S/C27H29ClN4O5S/c1-19-24(28)10-7-11-25(19)32(38(3,35)36)17-26(33)31-29-16-21-12-14-23(15-13-21)37-18-27(34)30-20(2)22-8-5-4-6-9-22/h4-16,20H,17-18H2,1-3H3,(H,30,34)(H,31,33)/b29-16-/t20-/m1/s1. The number of ether oxygens (including phenoxy) is 1. The molecule has 2 amide bonds. The van der Waals surface area contributed by atoms with Crippen molar-refractivity contribution < 1.29 is 22.7 Å². The van der Waals surface area contributed by atoms with Crippen LogP contribution in [0, 0.1) is 6.92 Å². The van der Waals surface area contributed by atoms with Gasteiger partial charge in [-0.05, 0) is 66.9 Å². The van der Waals surface area contributed by atoms with Crippen LogP contribution in [0.5, 0.6) is 5.75 Å². The van der Waals surface area contributed by atoms with E-state index >= 15 is 0 Å². The monoisotopic (exact) mass is 556 g/mol. The average Bonchev–Trinajstić information content (AvgIpc) is 2.88. The fraction of sp³-hybridized carbons (Fsp3) is 0.222. The molecule has 0 fully saturated rings. The Balaban J connectivity index is 1.50. The quantitative estimate of drug-likeness (QED) is 0.275. The first-order valence-corrected chi connectivity index (χ1v) is 13.9. The first-order valence-electron chi connectivity index (χ1n) is 11.7. The van der Waals surface area contributed by atoms with Crippen LogP contribution < -0.4 is 19.8 Å². The van der Waals surface area contributed by atoms with Crippen LogP contribution in [0.2, 0.25) is 5.02 Å². The van der Waals surface area contributed by atoms with E-state index in [1.807, 2.05) is 37.3 Å². The Labute approximate surface area is 227 Å². The van der Waals surface area contributed by atoms with Gasteiger partial charge in [-0.3, -0.25) is 13.9 Å². The second-order valence-corrected chi connectivity index (χ2v) is 10.8. The fourth-order valence-electron chi connectivity index (χ4n) is 3.50. The third kappa shape index (κ3) is 8.32. The molecule has 38 heavy (non-hydrogen) atoms. The molecule has 0 aliphatic carbocycles. The molecule has 3 rings (SSSR count). The zero-order valence-corrected chi connectivity index (χ0v) is 22.8. The van der Waals surface area contributed by atoms with Gasteiger partial charge in [0.05, 0.1) is 24.2 Å². The predicted molar refractivity (Wildman–Crippen MR) is 149 cm³/mol. The molecule has 0 bridgehead atoms. The highest BCUT2D eigenvalue weighted by atomic mass is 35.5. The van der Waals surface area contributed by atoms with Gasteiger partial charge < -0.3 is 10.1 Å². The van der Waals surface area contributed by atoms with Gasteiger partial charge in [0.25, 0.3) is 11.8 Å². The number of nitrogens with one attached hydrogen (secondary N) is 2. The first-order chi connectivity index (χ1) is 18.0. The Morgan fingerprint density at radius 2 is 1.71 bits per heavy atom. The van der Waals surface area contributed by atoms with Crippen LogP contribution >= 0.6 is 11.6 Å². The van der Waals surface area contributed by atoms with Gasteiger partial charge >= 0.3 is 0 Å². The summed E-state index contributed by atoms with van der Waals surface area (Å²) in [5.74, 6) is -0.373. The largest absolute Gasteiger partial charge is 0.484 e. The van der Waals surface area contributed by atoms with Crippen molar-refractivity contribution in [1.29, 1.82) is 0 Å². The van der Waals surface area contributed by atoms with Crippen LogP contribution in [-0.4, -0.2) is 45.9 Å². The minimum atomic E-state index is -3.75. The normalized spacial score (nSPS) is 12.1. The second kappa shape index (κ2) is 13.1. The molecule has 0 saturated carbocycles. The zero-order valence-electron chi connectivity index (χ0n) is 21.2. The third-order valence-electron chi connectivity index (χ3n) is 5.53. The van der Waals surface area contributed by atoms with Crippen molar-refractivity contribution in [3.8, 4) is 5.75 Å². The maximum Gasteiger partial charge on any atom is 0.260 e. The summed E-state index contributed by atoms with van der Waals surface area (Å²) in [6.07, 6.45) is 2.42. The number of amides is 2. The smallest absolute Gasteiger partial charge is 0.260 e. The molecule has 0 aliphatic rings. The van der Waals surface area contributed by atoms with Gasteiger partial charge in [-0.15, -0.1) is 0 Å². The van der Waals surface area contributed by atoms with Crippen LogP contribution in [0.4, 0.5) is 5.69 Å². The number of benzene rings is 3. The van der Waals surface area contributed by atoms with Crippen molar-refractivity contribution in [3.05, 3.63) is 94.5 Å². The van der Waals surface area contributed by atoms with Crippen LogP contribution in [0.1, 0.15) is 29.7 Å². The van der Waals surface area contributed by atoms with Crippen molar-refractivity contribution in [3.63, 3.8) is 0 Å². The van der Waals surface area contributed by atoms with Gasteiger partial charge in [-0.1, -0.05) is 48.0 Å². The van der Waals surface area contributed by atoms with E-state index < -0.39 is 22.5 Å². The van der Waals surface area contributed by atoms with Gasteiger partial charge in [-0.2, -0.15) is 5.10 Å². The lowest BCUT2D eigenvalue weighted by Crippen LogP contribution is -2.39. The molecule has 9 nitrogen and oxygen atoms in total. The third-order valence-corrected chi connectivity index (χ3v) is 7.06. The summed E-state index contributed by atoms with van der Waals surface area (Å²) >= 11 is 6.11. The lowest BCUT2D eigenvalue weighted by molar-refractivity contribution is -0.123. The molecule has 3 aromatic carbocycles. The van der Waals surface area contributed by atoms with Gasteiger partial charge in [0.1, 0.15) is 12.3 Å². The topological polar surface area (TPSA) is 117 Å². The number of rotatable bonds is 11.